The van der Waals surface area contributed by atoms with Crippen LogP contribution in [0.3, 0.4) is 0 Å². The molecule has 0 atom stereocenters. The summed E-state index contributed by atoms with van der Waals surface area (Å²) in [6.07, 6.45) is 1.34. The molecule has 0 saturated carbocycles. The van der Waals surface area contributed by atoms with Gasteiger partial charge >= 0.3 is 0 Å². The maximum atomic E-state index is 11.9. The van der Waals surface area contributed by atoms with Crippen molar-refractivity contribution in [2.24, 2.45) is 0 Å². The van der Waals surface area contributed by atoms with Crippen molar-refractivity contribution < 1.29 is 14.3 Å². The molecular formula is C17H16N2O3. The molecule has 0 fully saturated rings. The van der Waals surface area contributed by atoms with Crippen molar-refractivity contribution in [3.63, 3.8) is 0 Å². The lowest BCUT2D eigenvalue weighted by Crippen LogP contribution is -2.21. The van der Waals surface area contributed by atoms with E-state index in [0.717, 1.165) is 11.4 Å². The average molecular weight is 296 g/mol. The van der Waals surface area contributed by atoms with Gasteiger partial charge in [0.25, 0.3) is 5.91 Å². The third-order valence-electron chi connectivity index (χ3n) is 3.08. The van der Waals surface area contributed by atoms with Crippen LogP contribution in [0.4, 0.5) is 17.1 Å². The Morgan fingerprint density at radius 3 is 2.23 bits per heavy atom. The van der Waals surface area contributed by atoms with Crippen LogP contribution in [0, 0.1) is 0 Å². The van der Waals surface area contributed by atoms with Gasteiger partial charge in [-0.25, -0.2) is 0 Å². The van der Waals surface area contributed by atoms with Gasteiger partial charge < -0.3 is 20.1 Å². The average Bonchev–Trinajstić information content (AvgIpc) is 2.58. The topological polar surface area (TPSA) is 59.6 Å². The van der Waals surface area contributed by atoms with E-state index in [1.54, 1.807) is 0 Å². The van der Waals surface area contributed by atoms with E-state index in [9.17, 15) is 4.79 Å². The van der Waals surface area contributed by atoms with Crippen molar-refractivity contribution in [3.05, 3.63) is 66.6 Å². The van der Waals surface area contributed by atoms with E-state index in [4.69, 9.17) is 9.47 Å². The Bertz CT molecular complexity index is 666. The largest absolute Gasteiger partial charge is 0.494 e. The fraction of sp³-hybridized carbons (Fsp3) is 0.118. The molecule has 0 aliphatic carbocycles. The lowest BCUT2D eigenvalue weighted by molar-refractivity contribution is -0.117. The lowest BCUT2D eigenvalue weighted by Gasteiger charge is -2.15. The number of benzene rings is 2. The van der Waals surface area contributed by atoms with Crippen LogP contribution in [0.15, 0.2) is 66.6 Å². The maximum absolute atomic E-state index is 11.9. The molecule has 0 aromatic heterocycles. The minimum absolute atomic E-state index is 0.192. The number of carbonyl (C=O) groups is 1. The van der Waals surface area contributed by atoms with E-state index in [2.05, 4.69) is 10.6 Å². The second-order valence-electron chi connectivity index (χ2n) is 4.72. The highest BCUT2D eigenvalue weighted by atomic mass is 16.6. The van der Waals surface area contributed by atoms with Crippen molar-refractivity contribution in [2.45, 2.75) is 0 Å². The Hall–Kier alpha value is -2.95. The number of ether oxygens (including phenoxy) is 2. The van der Waals surface area contributed by atoms with Gasteiger partial charge in [0.05, 0.1) is 0 Å². The molecular weight excluding hydrogens is 280 g/mol. The molecule has 5 heteroatoms. The number of amides is 1. The monoisotopic (exact) mass is 296 g/mol. The summed E-state index contributed by atoms with van der Waals surface area (Å²) in [5.74, 6) is -0.124. The summed E-state index contributed by atoms with van der Waals surface area (Å²) >= 11 is 0. The second-order valence-corrected chi connectivity index (χ2v) is 4.72. The molecule has 0 spiro atoms. The lowest BCUT2D eigenvalue weighted by atomic mass is 10.2. The highest BCUT2D eigenvalue weighted by molar-refractivity contribution is 6.02. The molecule has 0 unspecified atom stereocenters. The molecule has 3 rings (SSSR count). The highest BCUT2D eigenvalue weighted by Gasteiger charge is 2.14. The summed E-state index contributed by atoms with van der Waals surface area (Å²) in [6.45, 7) is 0.857. The van der Waals surface area contributed by atoms with E-state index in [1.165, 1.54) is 6.26 Å². The minimum Gasteiger partial charge on any atom is -0.494 e. The minimum atomic E-state index is -0.316. The first-order valence-electron chi connectivity index (χ1n) is 6.99. The first-order valence-corrected chi connectivity index (χ1v) is 6.99. The molecule has 1 aliphatic heterocycles. The molecule has 2 aromatic rings. The van der Waals surface area contributed by atoms with Crippen LogP contribution in [0.1, 0.15) is 0 Å². The van der Waals surface area contributed by atoms with Crippen LogP contribution < -0.4 is 10.6 Å². The molecule has 0 saturated heterocycles. The maximum Gasteiger partial charge on any atom is 0.294 e. The summed E-state index contributed by atoms with van der Waals surface area (Å²) in [5.41, 5.74) is 2.65. The van der Waals surface area contributed by atoms with E-state index in [0.29, 0.717) is 18.9 Å². The zero-order valence-corrected chi connectivity index (χ0v) is 11.9. The van der Waals surface area contributed by atoms with Gasteiger partial charge in [0.2, 0.25) is 5.76 Å². The van der Waals surface area contributed by atoms with E-state index in [-0.39, 0.29) is 11.7 Å². The number of nitrogens with one attached hydrogen (secondary N) is 2. The first-order chi connectivity index (χ1) is 10.8. The normalized spacial score (nSPS) is 13.4. The molecule has 2 N–H and O–H groups in total. The van der Waals surface area contributed by atoms with Crippen LogP contribution in [0.2, 0.25) is 0 Å². The first kappa shape index (κ1) is 14.0. The summed E-state index contributed by atoms with van der Waals surface area (Å²) in [7, 11) is 0. The number of hydrogen-bond donors (Lipinski definition) is 2. The van der Waals surface area contributed by atoms with Gasteiger partial charge in [-0.2, -0.15) is 0 Å². The van der Waals surface area contributed by atoms with Gasteiger partial charge in [-0.1, -0.05) is 18.2 Å². The summed E-state index contributed by atoms with van der Waals surface area (Å²) in [4.78, 5) is 11.9. The Morgan fingerprint density at radius 1 is 0.864 bits per heavy atom. The van der Waals surface area contributed by atoms with Gasteiger partial charge in [-0.3, -0.25) is 4.79 Å². The number of para-hydroxylation sites is 1. The number of anilines is 3. The van der Waals surface area contributed by atoms with Crippen LogP contribution >= 0.6 is 0 Å². The van der Waals surface area contributed by atoms with Crippen molar-refractivity contribution >= 4 is 23.0 Å². The number of carbonyl (C=O) groups excluding carboxylic acids is 1. The molecule has 1 aliphatic rings. The SMILES string of the molecule is O=C(Nc1ccc(Nc2ccccc2)cc1)C1=COCCO1. The van der Waals surface area contributed by atoms with Gasteiger partial charge in [-0.15, -0.1) is 0 Å². The number of rotatable bonds is 4. The fourth-order valence-corrected chi connectivity index (χ4v) is 2.01. The Labute approximate surface area is 128 Å². The Balaban J connectivity index is 1.62. The van der Waals surface area contributed by atoms with Crippen molar-refractivity contribution in [3.8, 4) is 0 Å². The predicted molar refractivity (Wildman–Crippen MR) is 84.8 cm³/mol. The van der Waals surface area contributed by atoms with E-state index in [1.807, 2.05) is 54.6 Å². The summed E-state index contributed by atoms with van der Waals surface area (Å²) in [5, 5.41) is 6.04. The summed E-state index contributed by atoms with van der Waals surface area (Å²) < 4.78 is 10.3. The smallest absolute Gasteiger partial charge is 0.294 e. The molecule has 1 heterocycles. The fourth-order valence-electron chi connectivity index (χ4n) is 2.01. The second kappa shape index (κ2) is 6.67. The Morgan fingerprint density at radius 2 is 1.55 bits per heavy atom. The zero-order chi connectivity index (χ0) is 15.2. The molecule has 22 heavy (non-hydrogen) atoms. The quantitative estimate of drug-likeness (QED) is 0.909. The third kappa shape index (κ3) is 3.58. The van der Waals surface area contributed by atoms with E-state index < -0.39 is 0 Å². The molecule has 1 amide bonds. The highest BCUT2D eigenvalue weighted by Crippen LogP contribution is 2.19. The molecule has 0 bridgehead atoms. The van der Waals surface area contributed by atoms with Gasteiger partial charge in [0, 0.05) is 17.1 Å². The van der Waals surface area contributed by atoms with Crippen LogP contribution in [-0.4, -0.2) is 19.1 Å². The van der Waals surface area contributed by atoms with Crippen molar-refractivity contribution in [1.82, 2.24) is 0 Å². The van der Waals surface area contributed by atoms with Crippen LogP contribution in [0.5, 0.6) is 0 Å². The van der Waals surface area contributed by atoms with Crippen molar-refractivity contribution in [1.29, 1.82) is 0 Å². The van der Waals surface area contributed by atoms with Gasteiger partial charge in [0.1, 0.15) is 19.5 Å². The molecule has 5 nitrogen and oxygen atoms in total. The van der Waals surface area contributed by atoms with Crippen molar-refractivity contribution in [2.75, 3.05) is 23.8 Å². The van der Waals surface area contributed by atoms with Gasteiger partial charge in [-0.05, 0) is 36.4 Å². The Kier molecular flexibility index (Phi) is 4.25. The third-order valence-corrected chi connectivity index (χ3v) is 3.08. The molecule has 0 radical (unpaired) electrons. The molecule has 2 aromatic carbocycles. The molecule has 112 valence electrons. The summed E-state index contributed by atoms with van der Waals surface area (Å²) in [6, 6.07) is 17.3. The van der Waals surface area contributed by atoms with Crippen LogP contribution in [0.25, 0.3) is 0 Å². The van der Waals surface area contributed by atoms with E-state index >= 15 is 0 Å². The van der Waals surface area contributed by atoms with Gasteiger partial charge in [0.15, 0.2) is 0 Å². The zero-order valence-electron chi connectivity index (χ0n) is 11.9. The van der Waals surface area contributed by atoms with Crippen LogP contribution in [-0.2, 0) is 14.3 Å². The standard InChI is InChI=1S/C17H16N2O3/c20-17(16-12-21-10-11-22-16)19-15-8-6-14(7-9-15)18-13-4-2-1-3-5-13/h1-9,12,18H,10-11H2,(H,19,20). The number of hydrogen-bond acceptors (Lipinski definition) is 4. The predicted octanol–water partition coefficient (Wildman–Crippen LogP) is 3.26.